The fraction of sp³-hybridized carbons (Fsp3) is 0.273. The van der Waals surface area contributed by atoms with Crippen LogP contribution in [0.4, 0.5) is 5.82 Å². The van der Waals surface area contributed by atoms with E-state index >= 15 is 0 Å². The fourth-order valence-corrected chi connectivity index (χ4v) is 2.59. The number of aliphatic carboxylic acids is 2. The molecule has 7 nitrogen and oxygen atoms in total. The van der Waals surface area contributed by atoms with Crippen molar-refractivity contribution in [2.75, 3.05) is 18.0 Å². The molecule has 2 aromatic heterocycles. The van der Waals surface area contributed by atoms with Crippen molar-refractivity contribution in [3.63, 3.8) is 0 Å². The summed E-state index contributed by atoms with van der Waals surface area (Å²) in [4.78, 5) is 32.7. The molecule has 8 heteroatoms. The first-order valence-electron chi connectivity index (χ1n) is 5.37. The number of fused-ring (bicyclic) bond motifs is 1. The summed E-state index contributed by atoms with van der Waals surface area (Å²) >= 11 is 1.45. The molecule has 0 aliphatic rings. The van der Waals surface area contributed by atoms with Gasteiger partial charge in [-0.3, -0.25) is 9.59 Å². The predicted molar refractivity (Wildman–Crippen MR) is 69.6 cm³/mol. The van der Waals surface area contributed by atoms with E-state index in [0.717, 1.165) is 4.88 Å². The molecule has 0 aromatic carbocycles. The highest BCUT2D eigenvalue weighted by Crippen LogP contribution is 2.29. The Bertz CT molecular complexity index is 624. The molecule has 100 valence electrons. The van der Waals surface area contributed by atoms with Crippen LogP contribution in [0.5, 0.6) is 0 Å². The summed E-state index contributed by atoms with van der Waals surface area (Å²) in [6.07, 6.45) is 1.31. The van der Waals surface area contributed by atoms with E-state index in [0.29, 0.717) is 16.0 Å². The van der Waals surface area contributed by atoms with Crippen LogP contribution in [0.1, 0.15) is 4.88 Å². The van der Waals surface area contributed by atoms with Crippen LogP contribution in [0.25, 0.3) is 10.2 Å². The van der Waals surface area contributed by atoms with Crippen molar-refractivity contribution in [1.29, 1.82) is 0 Å². The van der Waals surface area contributed by atoms with Crippen LogP contribution in [-0.2, 0) is 9.59 Å². The summed E-state index contributed by atoms with van der Waals surface area (Å²) in [5.41, 5.74) is 0. The molecular weight excluding hydrogens is 270 g/mol. The lowest BCUT2D eigenvalue weighted by molar-refractivity contribution is -0.136. The summed E-state index contributed by atoms with van der Waals surface area (Å²) in [5, 5.41) is 18.4. The van der Waals surface area contributed by atoms with Crippen LogP contribution < -0.4 is 4.90 Å². The van der Waals surface area contributed by atoms with Gasteiger partial charge in [0.1, 0.15) is 30.1 Å². The second-order valence-electron chi connectivity index (χ2n) is 3.92. The van der Waals surface area contributed by atoms with Crippen molar-refractivity contribution in [2.24, 2.45) is 0 Å². The average Bonchev–Trinajstić information content (AvgIpc) is 2.66. The maximum Gasteiger partial charge on any atom is 0.323 e. The summed E-state index contributed by atoms with van der Waals surface area (Å²) < 4.78 is 0. The highest BCUT2D eigenvalue weighted by atomic mass is 32.1. The number of nitrogens with zero attached hydrogens (tertiary/aromatic N) is 3. The summed E-state index contributed by atoms with van der Waals surface area (Å²) in [6.45, 7) is 1.05. The van der Waals surface area contributed by atoms with Crippen LogP contribution in [0.2, 0.25) is 0 Å². The van der Waals surface area contributed by atoms with Crippen molar-refractivity contribution in [2.45, 2.75) is 6.92 Å². The van der Waals surface area contributed by atoms with Gasteiger partial charge < -0.3 is 15.1 Å². The molecule has 2 heterocycles. The maximum absolute atomic E-state index is 10.8. The molecule has 0 aliphatic carbocycles. The number of hydrogen-bond acceptors (Lipinski definition) is 6. The fourth-order valence-electron chi connectivity index (χ4n) is 1.75. The van der Waals surface area contributed by atoms with Crippen LogP contribution in [0.15, 0.2) is 12.4 Å². The zero-order valence-electron chi connectivity index (χ0n) is 10.0. The Morgan fingerprint density at radius 2 is 1.89 bits per heavy atom. The van der Waals surface area contributed by atoms with Crippen LogP contribution in [-0.4, -0.2) is 45.2 Å². The van der Waals surface area contributed by atoms with E-state index in [1.54, 1.807) is 0 Å². The van der Waals surface area contributed by atoms with Crippen molar-refractivity contribution in [1.82, 2.24) is 9.97 Å². The molecule has 0 bridgehead atoms. The largest absolute Gasteiger partial charge is 0.480 e. The van der Waals surface area contributed by atoms with Gasteiger partial charge in [-0.05, 0) is 13.0 Å². The minimum Gasteiger partial charge on any atom is -0.480 e. The Balaban J connectivity index is 2.48. The van der Waals surface area contributed by atoms with Gasteiger partial charge in [0.25, 0.3) is 0 Å². The number of carboxylic acid groups (broad SMARTS) is 2. The van der Waals surface area contributed by atoms with E-state index < -0.39 is 25.0 Å². The number of carboxylic acids is 2. The average molecular weight is 281 g/mol. The third-order valence-electron chi connectivity index (χ3n) is 2.38. The van der Waals surface area contributed by atoms with Gasteiger partial charge in [-0.2, -0.15) is 0 Å². The number of aromatic nitrogens is 2. The first-order valence-corrected chi connectivity index (χ1v) is 6.18. The Morgan fingerprint density at radius 3 is 2.47 bits per heavy atom. The Hall–Kier alpha value is -2.22. The molecule has 19 heavy (non-hydrogen) atoms. The SMILES string of the molecule is Cc1cc2c(N(CC(=O)O)CC(=O)O)ncnc2s1. The van der Waals surface area contributed by atoms with Gasteiger partial charge in [0.15, 0.2) is 0 Å². The quantitative estimate of drug-likeness (QED) is 0.841. The molecule has 0 saturated heterocycles. The van der Waals surface area contributed by atoms with Gasteiger partial charge >= 0.3 is 11.9 Å². The lowest BCUT2D eigenvalue weighted by Gasteiger charge is -2.19. The van der Waals surface area contributed by atoms with Crippen molar-refractivity contribution in [3.05, 3.63) is 17.3 Å². The van der Waals surface area contributed by atoms with Crippen LogP contribution in [0, 0.1) is 6.92 Å². The lowest BCUT2D eigenvalue weighted by Crippen LogP contribution is -2.35. The molecule has 0 aliphatic heterocycles. The molecule has 2 rings (SSSR count). The third-order valence-corrected chi connectivity index (χ3v) is 3.34. The predicted octanol–water partition coefficient (Wildman–Crippen LogP) is 0.975. The first-order chi connectivity index (χ1) is 8.97. The van der Waals surface area contributed by atoms with Gasteiger partial charge in [0.2, 0.25) is 0 Å². The molecule has 0 radical (unpaired) electrons. The highest BCUT2D eigenvalue weighted by molar-refractivity contribution is 7.18. The number of rotatable bonds is 5. The highest BCUT2D eigenvalue weighted by Gasteiger charge is 2.19. The normalized spacial score (nSPS) is 10.6. The van der Waals surface area contributed by atoms with E-state index in [2.05, 4.69) is 9.97 Å². The minimum atomic E-state index is -1.11. The molecule has 0 spiro atoms. The molecule has 0 saturated carbocycles. The Kier molecular flexibility index (Phi) is 3.61. The van der Waals surface area contributed by atoms with E-state index in [9.17, 15) is 9.59 Å². The van der Waals surface area contributed by atoms with Gasteiger partial charge in [-0.25, -0.2) is 9.97 Å². The lowest BCUT2D eigenvalue weighted by atomic mass is 10.3. The molecule has 2 N–H and O–H groups in total. The first kappa shape index (κ1) is 13.2. The van der Waals surface area contributed by atoms with E-state index in [4.69, 9.17) is 10.2 Å². The zero-order chi connectivity index (χ0) is 14.0. The van der Waals surface area contributed by atoms with Gasteiger partial charge in [-0.1, -0.05) is 0 Å². The Labute approximate surface area is 112 Å². The van der Waals surface area contributed by atoms with Crippen LogP contribution >= 0.6 is 11.3 Å². The zero-order valence-corrected chi connectivity index (χ0v) is 10.8. The van der Waals surface area contributed by atoms with E-state index in [1.165, 1.54) is 22.6 Å². The number of carbonyl (C=O) groups is 2. The van der Waals surface area contributed by atoms with Crippen LogP contribution in [0.3, 0.4) is 0 Å². The summed E-state index contributed by atoms with van der Waals surface area (Å²) in [6, 6.07) is 1.83. The molecule has 2 aromatic rings. The van der Waals surface area contributed by atoms with E-state index in [-0.39, 0.29) is 0 Å². The number of hydrogen-bond donors (Lipinski definition) is 2. The van der Waals surface area contributed by atoms with Gasteiger partial charge in [-0.15, -0.1) is 11.3 Å². The van der Waals surface area contributed by atoms with Gasteiger partial charge in [0, 0.05) is 4.88 Å². The molecule has 0 atom stereocenters. The topological polar surface area (TPSA) is 104 Å². The number of anilines is 1. The second kappa shape index (κ2) is 5.19. The van der Waals surface area contributed by atoms with Gasteiger partial charge in [0.05, 0.1) is 5.39 Å². The van der Waals surface area contributed by atoms with Crippen molar-refractivity contribution >= 4 is 39.3 Å². The smallest absolute Gasteiger partial charge is 0.323 e. The van der Waals surface area contributed by atoms with Crippen molar-refractivity contribution < 1.29 is 19.8 Å². The summed E-state index contributed by atoms with van der Waals surface area (Å²) in [5.74, 6) is -1.89. The molecular formula is C11H11N3O4S. The van der Waals surface area contributed by atoms with Crippen molar-refractivity contribution in [3.8, 4) is 0 Å². The summed E-state index contributed by atoms with van der Waals surface area (Å²) in [7, 11) is 0. The second-order valence-corrected chi connectivity index (χ2v) is 5.15. The van der Waals surface area contributed by atoms with E-state index in [1.807, 2.05) is 13.0 Å². The molecule has 0 amide bonds. The molecule has 0 fully saturated rings. The maximum atomic E-state index is 10.8. The molecule has 0 unspecified atom stereocenters. The number of aryl methyl sites for hydroxylation is 1. The Morgan fingerprint density at radius 1 is 1.26 bits per heavy atom. The third kappa shape index (κ3) is 2.97. The number of thiophene rings is 1. The minimum absolute atomic E-state index is 0.333. The standard InChI is InChI=1S/C11H11N3O4S/c1-6-2-7-10(12-5-13-11(7)19-6)14(3-8(15)16)4-9(17)18/h2,5H,3-4H2,1H3,(H,15,16)(H,17,18). The monoisotopic (exact) mass is 281 g/mol.